The van der Waals surface area contributed by atoms with Crippen molar-refractivity contribution in [2.24, 2.45) is 0 Å². The Hall–Kier alpha value is 1.39. The summed E-state index contributed by atoms with van der Waals surface area (Å²) in [5.41, 5.74) is 0. The van der Waals surface area contributed by atoms with Crippen molar-refractivity contribution in [3.05, 3.63) is 0 Å². The standard InChI is InChI=1S/C4H9Br2P/c5-2-1-3-7-4-6/h7H,1-4H2. The highest BCUT2D eigenvalue weighted by atomic mass is 79.9. The largest absolute Gasteiger partial charge is 0.111 e. The van der Waals surface area contributed by atoms with E-state index in [1.807, 2.05) is 0 Å². The predicted molar refractivity (Wildman–Crippen MR) is 45.4 cm³/mol. The Balaban J connectivity index is 2.45. The van der Waals surface area contributed by atoms with Gasteiger partial charge in [-0.3, -0.25) is 0 Å². The van der Waals surface area contributed by atoms with Crippen molar-refractivity contribution in [1.82, 2.24) is 0 Å². The molecule has 0 heterocycles. The van der Waals surface area contributed by atoms with Gasteiger partial charge < -0.3 is 0 Å². The first-order chi connectivity index (χ1) is 3.41. The second-order valence-electron chi connectivity index (χ2n) is 1.18. The molecule has 1 unspecified atom stereocenters. The summed E-state index contributed by atoms with van der Waals surface area (Å²) in [6.45, 7) is 0. The molecule has 0 saturated carbocycles. The zero-order valence-corrected chi connectivity index (χ0v) is 8.26. The minimum atomic E-state index is 1.11. The first kappa shape index (κ1) is 8.39. The first-order valence-electron chi connectivity index (χ1n) is 2.24. The molecule has 0 bridgehead atoms. The van der Waals surface area contributed by atoms with Crippen LogP contribution in [-0.4, -0.2) is 16.6 Å². The lowest BCUT2D eigenvalue weighted by molar-refractivity contribution is 1.13. The van der Waals surface area contributed by atoms with Crippen molar-refractivity contribution in [3.8, 4) is 0 Å². The van der Waals surface area contributed by atoms with E-state index in [2.05, 4.69) is 31.9 Å². The molecule has 0 saturated heterocycles. The maximum Gasteiger partial charge on any atom is 0.0206 e. The van der Waals surface area contributed by atoms with Crippen LogP contribution < -0.4 is 0 Å². The third-order valence-corrected chi connectivity index (χ3v) is 3.23. The SMILES string of the molecule is BrCCCPCBr. The molecule has 7 heavy (non-hydrogen) atoms. The van der Waals surface area contributed by atoms with E-state index in [1.165, 1.54) is 17.7 Å². The Labute approximate surface area is 63.5 Å². The molecule has 0 rings (SSSR count). The molecule has 0 spiro atoms. The Morgan fingerprint density at radius 3 is 2.43 bits per heavy atom. The molecular weight excluding hydrogens is 239 g/mol. The summed E-state index contributed by atoms with van der Waals surface area (Å²) < 4.78 is 0. The Kier molecular flexibility index (Phi) is 8.86. The third-order valence-electron chi connectivity index (χ3n) is 0.582. The van der Waals surface area contributed by atoms with Crippen LogP contribution in [0, 0.1) is 0 Å². The van der Waals surface area contributed by atoms with Crippen molar-refractivity contribution >= 4 is 40.4 Å². The van der Waals surface area contributed by atoms with E-state index in [9.17, 15) is 0 Å². The van der Waals surface area contributed by atoms with E-state index in [0.29, 0.717) is 0 Å². The van der Waals surface area contributed by atoms with Gasteiger partial charge in [-0.15, -0.1) is 8.58 Å². The molecule has 0 aliphatic rings. The summed E-state index contributed by atoms with van der Waals surface area (Å²) in [6, 6.07) is 0. The Bertz CT molecular complexity index is 28.9. The van der Waals surface area contributed by atoms with Gasteiger partial charge in [0.2, 0.25) is 0 Å². The van der Waals surface area contributed by atoms with E-state index in [1.54, 1.807) is 0 Å². The molecule has 0 aromatic rings. The van der Waals surface area contributed by atoms with Crippen LogP contribution in [0.5, 0.6) is 0 Å². The quantitative estimate of drug-likeness (QED) is 0.407. The molecule has 0 fully saturated rings. The van der Waals surface area contributed by atoms with Crippen molar-refractivity contribution in [2.75, 3.05) is 16.6 Å². The maximum atomic E-state index is 3.38. The highest BCUT2D eigenvalue weighted by Crippen LogP contribution is 2.13. The molecule has 0 aliphatic heterocycles. The zero-order chi connectivity index (χ0) is 5.54. The van der Waals surface area contributed by atoms with Crippen molar-refractivity contribution < 1.29 is 0 Å². The van der Waals surface area contributed by atoms with E-state index >= 15 is 0 Å². The van der Waals surface area contributed by atoms with Crippen LogP contribution in [0.2, 0.25) is 0 Å². The number of hydrogen-bond donors (Lipinski definition) is 0. The van der Waals surface area contributed by atoms with Gasteiger partial charge in [0, 0.05) is 10.4 Å². The topological polar surface area (TPSA) is 0 Å². The number of alkyl halides is 2. The van der Waals surface area contributed by atoms with Gasteiger partial charge in [0.05, 0.1) is 0 Å². The smallest absolute Gasteiger partial charge is 0.0206 e. The Morgan fingerprint density at radius 2 is 2.00 bits per heavy atom. The fourth-order valence-electron chi connectivity index (χ4n) is 0.259. The molecule has 0 radical (unpaired) electrons. The second-order valence-corrected chi connectivity index (χ2v) is 4.92. The van der Waals surface area contributed by atoms with E-state index in [0.717, 1.165) is 13.9 Å². The van der Waals surface area contributed by atoms with Gasteiger partial charge in [0.15, 0.2) is 0 Å². The summed E-state index contributed by atoms with van der Waals surface area (Å²) in [7, 11) is 1.11. The molecule has 0 aliphatic carbocycles. The molecule has 44 valence electrons. The van der Waals surface area contributed by atoms with Crippen LogP contribution in [0.15, 0.2) is 0 Å². The van der Waals surface area contributed by atoms with E-state index in [4.69, 9.17) is 0 Å². The second kappa shape index (κ2) is 7.39. The van der Waals surface area contributed by atoms with Crippen LogP contribution in [0.4, 0.5) is 0 Å². The molecule has 1 atom stereocenters. The van der Waals surface area contributed by atoms with Crippen LogP contribution in [0.3, 0.4) is 0 Å². The van der Waals surface area contributed by atoms with Gasteiger partial charge in [-0.25, -0.2) is 0 Å². The Morgan fingerprint density at radius 1 is 1.29 bits per heavy atom. The summed E-state index contributed by atoms with van der Waals surface area (Å²) in [5, 5.41) is 2.34. The lowest BCUT2D eigenvalue weighted by Crippen LogP contribution is -1.75. The van der Waals surface area contributed by atoms with Gasteiger partial charge in [0.1, 0.15) is 0 Å². The summed E-state index contributed by atoms with van der Waals surface area (Å²) in [6.07, 6.45) is 2.69. The fourth-order valence-corrected chi connectivity index (χ4v) is 2.46. The summed E-state index contributed by atoms with van der Waals surface area (Å²) >= 11 is 6.75. The van der Waals surface area contributed by atoms with Gasteiger partial charge in [0.25, 0.3) is 0 Å². The molecule has 3 heteroatoms. The van der Waals surface area contributed by atoms with Crippen LogP contribution in [0.1, 0.15) is 6.42 Å². The lowest BCUT2D eigenvalue weighted by Gasteiger charge is -1.89. The fraction of sp³-hybridized carbons (Fsp3) is 1.00. The van der Waals surface area contributed by atoms with Crippen molar-refractivity contribution in [2.45, 2.75) is 6.42 Å². The minimum absolute atomic E-state index is 1.11. The minimum Gasteiger partial charge on any atom is -0.111 e. The molecule has 0 aromatic heterocycles. The highest BCUT2D eigenvalue weighted by molar-refractivity contribution is 9.10. The van der Waals surface area contributed by atoms with E-state index < -0.39 is 0 Å². The molecule has 0 amide bonds. The molecular formula is C4H9Br2P. The van der Waals surface area contributed by atoms with Gasteiger partial charge in [-0.1, -0.05) is 31.9 Å². The predicted octanol–water partition coefficient (Wildman–Crippen LogP) is 2.80. The summed E-state index contributed by atoms with van der Waals surface area (Å²) in [4.78, 5) is 0. The lowest BCUT2D eigenvalue weighted by atomic mass is 10.6. The van der Waals surface area contributed by atoms with Gasteiger partial charge in [-0.05, 0) is 12.6 Å². The van der Waals surface area contributed by atoms with Crippen LogP contribution in [0.25, 0.3) is 0 Å². The van der Waals surface area contributed by atoms with Crippen molar-refractivity contribution in [1.29, 1.82) is 0 Å². The highest BCUT2D eigenvalue weighted by Gasteiger charge is 1.81. The molecule has 0 aromatic carbocycles. The maximum absolute atomic E-state index is 3.38. The average Bonchev–Trinajstić information content (AvgIpc) is 1.69. The third kappa shape index (κ3) is 7.39. The van der Waals surface area contributed by atoms with E-state index in [-0.39, 0.29) is 0 Å². The summed E-state index contributed by atoms with van der Waals surface area (Å²) in [5.74, 6) is 0. The average molecular weight is 248 g/mol. The van der Waals surface area contributed by atoms with Crippen molar-refractivity contribution in [3.63, 3.8) is 0 Å². The zero-order valence-electron chi connectivity index (χ0n) is 4.08. The molecule has 0 nitrogen and oxygen atoms in total. The normalized spacial score (nSPS) is 11.1. The van der Waals surface area contributed by atoms with Gasteiger partial charge in [-0.2, -0.15) is 0 Å². The van der Waals surface area contributed by atoms with Gasteiger partial charge >= 0.3 is 0 Å². The number of hydrogen-bond acceptors (Lipinski definition) is 0. The number of halogens is 2. The molecule has 0 N–H and O–H groups in total. The first-order valence-corrected chi connectivity index (χ1v) is 5.90. The number of rotatable bonds is 4. The van der Waals surface area contributed by atoms with Crippen LogP contribution >= 0.6 is 40.4 Å². The van der Waals surface area contributed by atoms with Crippen LogP contribution in [-0.2, 0) is 0 Å². The monoisotopic (exact) mass is 246 g/mol.